The second kappa shape index (κ2) is 5.11. The van der Waals surface area contributed by atoms with Crippen LogP contribution in [0, 0.1) is 11.2 Å². The lowest BCUT2D eigenvalue weighted by molar-refractivity contribution is -0.150. The van der Waals surface area contributed by atoms with Gasteiger partial charge in [-0.15, -0.1) is 0 Å². The van der Waals surface area contributed by atoms with E-state index in [1.807, 2.05) is 0 Å². The van der Waals surface area contributed by atoms with E-state index in [1.165, 1.54) is 17.0 Å². The molecule has 0 bridgehead atoms. The minimum Gasteiger partial charge on any atom is -0.507 e. The molecular weight excluding hydrogens is 265 g/mol. The van der Waals surface area contributed by atoms with Crippen molar-refractivity contribution in [3.8, 4) is 5.75 Å². The van der Waals surface area contributed by atoms with Crippen LogP contribution in [0.15, 0.2) is 18.2 Å². The van der Waals surface area contributed by atoms with E-state index in [2.05, 4.69) is 0 Å². The summed E-state index contributed by atoms with van der Waals surface area (Å²) in [5.74, 6) is -2.67. The van der Waals surface area contributed by atoms with Crippen LogP contribution in [0.1, 0.15) is 30.1 Å². The number of amides is 1. The summed E-state index contributed by atoms with van der Waals surface area (Å²) in [6.45, 7) is 2.10. The number of halogens is 1. The number of hydrogen-bond acceptors (Lipinski definition) is 3. The van der Waals surface area contributed by atoms with Gasteiger partial charge in [-0.2, -0.15) is 0 Å². The van der Waals surface area contributed by atoms with E-state index in [-0.39, 0.29) is 18.7 Å². The van der Waals surface area contributed by atoms with Gasteiger partial charge in [-0.05, 0) is 31.9 Å². The van der Waals surface area contributed by atoms with E-state index in [9.17, 15) is 19.1 Å². The Balaban J connectivity index is 2.15. The molecule has 20 heavy (non-hydrogen) atoms. The number of phenolic OH excluding ortho intramolecular Hbond substituents is 1. The van der Waals surface area contributed by atoms with Crippen LogP contribution in [0.2, 0.25) is 0 Å². The van der Waals surface area contributed by atoms with Crippen molar-refractivity contribution in [2.45, 2.75) is 19.8 Å². The molecule has 2 N–H and O–H groups in total. The number of carboxylic acid groups (broad SMARTS) is 1. The standard InChI is InChI=1S/C14H16FNO4/c1-14(13(19)20)5-7-16(8-6-14)12(18)11-9(15)3-2-4-10(11)17/h2-4,17H,5-8H2,1H3,(H,19,20). The zero-order chi connectivity index (χ0) is 14.9. The fourth-order valence-corrected chi connectivity index (χ4v) is 2.30. The lowest BCUT2D eigenvalue weighted by Crippen LogP contribution is -2.45. The number of aromatic hydroxyl groups is 1. The number of benzene rings is 1. The van der Waals surface area contributed by atoms with E-state index in [1.54, 1.807) is 6.92 Å². The van der Waals surface area contributed by atoms with Gasteiger partial charge in [-0.1, -0.05) is 6.07 Å². The zero-order valence-electron chi connectivity index (χ0n) is 11.1. The highest BCUT2D eigenvalue weighted by molar-refractivity contribution is 5.97. The summed E-state index contributed by atoms with van der Waals surface area (Å²) in [5.41, 5.74) is -1.21. The minimum atomic E-state index is -0.890. The second-order valence-corrected chi connectivity index (χ2v) is 5.29. The van der Waals surface area contributed by atoms with Crippen molar-refractivity contribution in [3.63, 3.8) is 0 Å². The number of rotatable bonds is 2. The molecule has 1 aliphatic rings. The van der Waals surface area contributed by atoms with Gasteiger partial charge < -0.3 is 15.1 Å². The summed E-state index contributed by atoms with van der Waals surface area (Å²) >= 11 is 0. The van der Waals surface area contributed by atoms with Gasteiger partial charge in [0, 0.05) is 13.1 Å². The second-order valence-electron chi connectivity index (χ2n) is 5.29. The smallest absolute Gasteiger partial charge is 0.309 e. The molecule has 0 unspecified atom stereocenters. The molecule has 1 aromatic carbocycles. The summed E-state index contributed by atoms with van der Waals surface area (Å²) in [7, 11) is 0. The van der Waals surface area contributed by atoms with Gasteiger partial charge in [0.2, 0.25) is 0 Å². The number of aliphatic carboxylic acids is 1. The normalized spacial score (nSPS) is 17.8. The van der Waals surface area contributed by atoms with Crippen molar-refractivity contribution in [1.29, 1.82) is 0 Å². The highest BCUT2D eigenvalue weighted by atomic mass is 19.1. The third-order valence-electron chi connectivity index (χ3n) is 3.88. The molecule has 6 heteroatoms. The predicted molar refractivity (Wildman–Crippen MR) is 68.9 cm³/mol. The molecule has 0 aromatic heterocycles. The van der Waals surface area contributed by atoms with Crippen LogP contribution in [-0.2, 0) is 4.79 Å². The monoisotopic (exact) mass is 281 g/mol. The summed E-state index contributed by atoms with van der Waals surface area (Å²) in [6.07, 6.45) is 0.618. The number of piperidine rings is 1. The van der Waals surface area contributed by atoms with Crippen LogP contribution < -0.4 is 0 Å². The van der Waals surface area contributed by atoms with Crippen LogP contribution in [-0.4, -0.2) is 40.1 Å². The Morgan fingerprint density at radius 2 is 1.90 bits per heavy atom. The van der Waals surface area contributed by atoms with Gasteiger partial charge in [0.15, 0.2) is 0 Å². The van der Waals surface area contributed by atoms with Gasteiger partial charge in [0.25, 0.3) is 5.91 Å². The molecule has 2 rings (SSSR count). The van der Waals surface area contributed by atoms with Crippen molar-refractivity contribution in [2.75, 3.05) is 13.1 Å². The molecule has 1 aromatic rings. The van der Waals surface area contributed by atoms with Crippen LogP contribution in [0.5, 0.6) is 5.75 Å². The molecule has 1 aliphatic heterocycles. The predicted octanol–water partition coefficient (Wildman–Crippen LogP) is 1.86. The molecule has 0 saturated carbocycles. The molecule has 0 aliphatic carbocycles. The maximum atomic E-state index is 13.6. The number of phenols is 1. The lowest BCUT2D eigenvalue weighted by atomic mass is 9.80. The number of hydrogen-bond donors (Lipinski definition) is 2. The first-order chi connectivity index (χ1) is 9.35. The van der Waals surface area contributed by atoms with Crippen molar-refractivity contribution in [3.05, 3.63) is 29.6 Å². The van der Waals surface area contributed by atoms with E-state index in [0.29, 0.717) is 12.8 Å². The Labute approximate surface area is 115 Å². The summed E-state index contributed by atoms with van der Waals surface area (Å²) in [4.78, 5) is 24.7. The first kappa shape index (κ1) is 14.3. The Kier molecular flexibility index (Phi) is 3.65. The molecule has 1 saturated heterocycles. The van der Waals surface area contributed by atoms with Gasteiger partial charge in [0.1, 0.15) is 17.1 Å². The number of likely N-dealkylation sites (tertiary alicyclic amines) is 1. The largest absolute Gasteiger partial charge is 0.507 e. The summed E-state index contributed by atoms with van der Waals surface area (Å²) in [6, 6.07) is 3.68. The maximum Gasteiger partial charge on any atom is 0.309 e. The van der Waals surface area contributed by atoms with Gasteiger partial charge in [-0.25, -0.2) is 4.39 Å². The topological polar surface area (TPSA) is 77.8 Å². The summed E-state index contributed by atoms with van der Waals surface area (Å²) in [5, 5.41) is 18.7. The molecule has 5 nitrogen and oxygen atoms in total. The third kappa shape index (κ3) is 2.45. The molecule has 0 spiro atoms. The van der Waals surface area contributed by atoms with Gasteiger partial charge in [-0.3, -0.25) is 9.59 Å². The van der Waals surface area contributed by atoms with Crippen molar-refractivity contribution >= 4 is 11.9 Å². The molecule has 0 atom stereocenters. The van der Waals surface area contributed by atoms with Crippen molar-refractivity contribution in [1.82, 2.24) is 4.90 Å². The SMILES string of the molecule is CC1(C(=O)O)CCN(C(=O)c2c(O)cccc2F)CC1. The first-order valence-corrected chi connectivity index (χ1v) is 6.35. The van der Waals surface area contributed by atoms with E-state index in [0.717, 1.165) is 6.07 Å². The number of carboxylic acids is 1. The molecule has 0 radical (unpaired) electrons. The Bertz CT molecular complexity index is 530. The number of carbonyl (C=O) groups excluding carboxylic acids is 1. The molecule has 108 valence electrons. The minimum absolute atomic E-state index is 0.232. The Hall–Kier alpha value is -2.11. The van der Waals surface area contributed by atoms with Crippen molar-refractivity contribution in [2.24, 2.45) is 5.41 Å². The third-order valence-corrected chi connectivity index (χ3v) is 3.88. The summed E-state index contributed by atoms with van der Waals surface area (Å²) < 4.78 is 13.6. The van der Waals surface area contributed by atoms with E-state index >= 15 is 0 Å². The lowest BCUT2D eigenvalue weighted by Gasteiger charge is -2.36. The van der Waals surface area contributed by atoms with Crippen LogP contribution in [0.3, 0.4) is 0 Å². The first-order valence-electron chi connectivity index (χ1n) is 6.35. The highest BCUT2D eigenvalue weighted by Crippen LogP contribution is 2.32. The number of carbonyl (C=O) groups is 2. The number of nitrogens with zero attached hydrogens (tertiary/aromatic N) is 1. The maximum absolute atomic E-state index is 13.6. The molecular formula is C14H16FNO4. The van der Waals surface area contributed by atoms with Crippen LogP contribution in [0.4, 0.5) is 4.39 Å². The van der Waals surface area contributed by atoms with Crippen LogP contribution in [0.25, 0.3) is 0 Å². The van der Waals surface area contributed by atoms with Crippen LogP contribution >= 0.6 is 0 Å². The van der Waals surface area contributed by atoms with E-state index < -0.39 is 28.9 Å². The Morgan fingerprint density at radius 1 is 1.30 bits per heavy atom. The highest BCUT2D eigenvalue weighted by Gasteiger charge is 2.38. The van der Waals surface area contributed by atoms with Gasteiger partial charge >= 0.3 is 5.97 Å². The quantitative estimate of drug-likeness (QED) is 0.867. The average molecular weight is 281 g/mol. The molecule has 1 heterocycles. The van der Waals surface area contributed by atoms with E-state index in [4.69, 9.17) is 5.11 Å². The van der Waals surface area contributed by atoms with Crippen molar-refractivity contribution < 1.29 is 24.2 Å². The average Bonchev–Trinajstić information content (AvgIpc) is 2.39. The fraction of sp³-hybridized carbons (Fsp3) is 0.429. The molecule has 1 fully saturated rings. The zero-order valence-corrected chi connectivity index (χ0v) is 11.1. The van der Waals surface area contributed by atoms with Gasteiger partial charge in [0.05, 0.1) is 5.41 Å². The fourth-order valence-electron chi connectivity index (χ4n) is 2.30. The molecule has 1 amide bonds. The Morgan fingerprint density at radius 3 is 2.40 bits per heavy atom.